The Morgan fingerprint density at radius 2 is 1.93 bits per heavy atom. The fourth-order valence-electron chi connectivity index (χ4n) is 3.75. The second kappa shape index (κ2) is 9.37. The minimum Gasteiger partial charge on any atom is -0.336 e. The van der Waals surface area contributed by atoms with E-state index in [2.05, 4.69) is 19.2 Å². The molecule has 2 fully saturated rings. The van der Waals surface area contributed by atoms with Gasteiger partial charge in [0.25, 0.3) is 0 Å². The number of carbonyl (C=O) groups excluding carboxylic acids is 1. The van der Waals surface area contributed by atoms with Gasteiger partial charge in [-0.05, 0) is 42.9 Å². The van der Waals surface area contributed by atoms with Crippen molar-refractivity contribution in [2.24, 2.45) is 0 Å². The van der Waals surface area contributed by atoms with Crippen LogP contribution in [-0.4, -0.2) is 62.3 Å². The molecule has 2 atom stereocenters. The molecule has 27 heavy (non-hydrogen) atoms. The second-order valence-electron chi connectivity index (χ2n) is 7.30. The normalized spacial score (nSPS) is 23.0. The molecule has 0 spiro atoms. The van der Waals surface area contributed by atoms with Crippen molar-refractivity contribution in [3.05, 3.63) is 29.8 Å². The number of amides is 1. The molecule has 8 heteroatoms. The first-order valence-corrected chi connectivity index (χ1v) is 11.0. The van der Waals surface area contributed by atoms with Crippen LogP contribution >= 0.6 is 12.4 Å². The van der Waals surface area contributed by atoms with Crippen molar-refractivity contribution < 1.29 is 13.2 Å². The molecule has 0 aromatic heterocycles. The molecule has 1 amide bonds. The number of hydrogen-bond acceptors (Lipinski definition) is 4. The molecule has 0 radical (unpaired) electrons. The molecule has 152 valence electrons. The Balaban J connectivity index is 0.00000261. The van der Waals surface area contributed by atoms with Gasteiger partial charge in [0, 0.05) is 32.2 Å². The van der Waals surface area contributed by atoms with E-state index in [0.717, 1.165) is 31.4 Å². The number of halogens is 1. The van der Waals surface area contributed by atoms with Crippen LogP contribution in [0.25, 0.3) is 0 Å². The zero-order chi connectivity index (χ0) is 18.7. The smallest absolute Gasteiger partial charge is 0.243 e. The van der Waals surface area contributed by atoms with Crippen LogP contribution < -0.4 is 5.32 Å². The predicted octanol–water partition coefficient (Wildman–Crippen LogP) is 2.21. The number of hydrogen-bond donors (Lipinski definition) is 1. The van der Waals surface area contributed by atoms with Crippen molar-refractivity contribution in [3.63, 3.8) is 0 Å². The molecule has 0 bridgehead atoms. The van der Waals surface area contributed by atoms with Gasteiger partial charge in [0.15, 0.2) is 0 Å². The molecule has 1 aromatic rings. The van der Waals surface area contributed by atoms with Crippen molar-refractivity contribution in [1.82, 2.24) is 14.5 Å². The zero-order valence-electron chi connectivity index (χ0n) is 16.1. The SMILES string of the molecule is CCC(C)c1ccc(S(=O)(=O)N2CCCC(N3CCNCC3=O)C2)cc1.Cl. The third-order valence-electron chi connectivity index (χ3n) is 5.63. The predicted molar refractivity (Wildman–Crippen MR) is 109 cm³/mol. The Morgan fingerprint density at radius 1 is 1.22 bits per heavy atom. The summed E-state index contributed by atoms with van der Waals surface area (Å²) < 4.78 is 27.7. The lowest BCUT2D eigenvalue weighted by Gasteiger charge is -2.40. The summed E-state index contributed by atoms with van der Waals surface area (Å²) in [6, 6.07) is 7.25. The molecular formula is C19H30ClN3O3S. The van der Waals surface area contributed by atoms with Crippen LogP contribution in [0.5, 0.6) is 0 Å². The van der Waals surface area contributed by atoms with Gasteiger partial charge in [-0.25, -0.2) is 8.42 Å². The van der Waals surface area contributed by atoms with Gasteiger partial charge in [-0.15, -0.1) is 12.4 Å². The van der Waals surface area contributed by atoms with Crippen LogP contribution in [-0.2, 0) is 14.8 Å². The van der Waals surface area contributed by atoms with E-state index < -0.39 is 10.0 Å². The Morgan fingerprint density at radius 3 is 2.56 bits per heavy atom. The third kappa shape index (κ3) is 4.83. The van der Waals surface area contributed by atoms with E-state index in [0.29, 0.717) is 37.0 Å². The molecule has 2 aliphatic heterocycles. The van der Waals surface area contributed by atoms with Gasteiger partial charge in [0.05, 0.1) is 11.4 Å². The number of carbonyl (C=O) groups is 1. The van der Waals surface area contributed by atoms with Crippen molar-refractivity contribution in [2.45, 2.75) is 50.0 Å². The van der Waals surface area contributed by atoms with Gasteiger partial charge >= 0.3 is 0 Å². The van der Waals surface area contributed by atoms with Crippen molar-refractivity contribution in [1.29, 1.82) is 0 Å². The monoisotopic (exact) mass is 415 g/mol. The maximum atomic E-state index is 13.1. The fourth-order valence-corrected chi connectivity index (χ4v) is 5.27. The van der Waals surface area contributed by atoms with Crippen LogP contribution in [0.3, 0.4) is 0 Å². The van der Waals surface area contributed by atoms with Crippen molar-refractivity contribution >= 4 is 28.3 Å². The first-order valence-electron chi connectivity index (χ1n) is 9.53. The van der Waals surface area contributed by atoms with Crippen molar-refractivity contribution in [3.8, 4) is 0 Å². The van der Waals surface area contributed by atoms with E-state index in [1.807, 2.05) is 17.0 Å². The summed E-state index contributed by atoms with van der Waals surface area (Å²) >= 11 is 0. The highest BCUT2D eigenvalue weighted by molar-refractivity contribution is 7.89. The van der Waals surface area contributed by atoms with Crippen LogP contribution in [0.4, 0.5) is 0 Å². The number of sulfonamides is 1. The first-order chi connectivity index (χ1) is 12.4. The van der Waals surface area contributed by atoms with Gasteiger partial charge in [0.1, 0.15) is 0 Å². The molecular weight excluding hydrogens is 386 g/mol. The quantitative estimate of drug-likeness (QED) is 0.800. The largest absolute Gasteiger partial charge is 0.336 e. The summed E-state index contributed by atoms with van der Waals surface area (Å²) in [4.78, 5) is 14.3. The van der Waals surface area contributed by atoms with E-state index in [1.54, 1.807) is 16.4 Å². The average Bonchev–Trinajstić information content (AvgIpc) is 2.68. The minimum atomic E-state index is -3.52. The van der Waals surface area contributed by atoms with E-state index >= 15 is 0 Å². The van der Waals surface area contributed by atoms with E-state index in [9.17, 15) is 13.2 Å². The standard InChI is InChI=1S/C19H29N3O3S.ClH/c1-3-15(2)16-6-8-18(9-7-16)26(24,25)21-11-4-5-17(14-21)22-12-10-20-13-19(22)23;/h6-9,15,17,20H,3-5,10-14H2,1-2H3;1H. The molecule has 2 saturated heterocycles. The van der Waals surface area contributed by atoms with E-state index in [4.69, 9.17) is 0 Å². The van der Waals surface area contributed by atoms with Gasteiger partial charge in [0.2, 0.25) is 15.9 Å². The maximum Gasteiger partial charge on any atom is 0.243 e. The van der Waals surface area contributed by atoms with Crippen molar-refractivity contribution in [2.75, 3.05) is 32.7 Å². The average molecular weight is 416 g/mol. The van der Waals surface area contributed by atoms with Crippen LogP contribution in [0.1, 0.15) is 44.6 Å². The second-order valence-corrected chi connectivity index (χ2v) is 9.24. The van der Waals surface area contributed by atoms with Crippen LogP contribution in [0.2, 0.25) is 0 Å². The number of rotatable bonds is 5. The topological polar surface area (TPSA) is 69.7 Å². The number of piperazine rings is 1. The van der Waals surface area contributed by atoms with Gasteiger partial charge in [-0.2, -0.15) is 4.31 Å². The summed E-state index contributed by atoms with van der Waals surface area (Å²) in [5, 5.41) is 3.07. The Kier molecular flexibility index (Phi) is 7.68. The number of nitrogens with zero attached hydrogens (tertiary/aromatic N) is 2. The zero-order valence-corrected chi connectivity index (χ0v) is 17.7. The summed E-state index contributed by atoms with van der Waals surface area (Å²) in [6.07, 6.45) is 2.68. The highest BCUT2D eigenvalue weighted by Crippen LogP contribution is 2.26. The molecule has 6 nitrogen and oxygen atoms in total. The Bertz CT molecular complexity index is 739. The molecule has 1 aromatic carbocycles. The molecule has 2 aliphatic rings. The number of benzene rings is 1. The highest BCUT2D eigenvalue weighted by Gasteiger charge is 2.35. The molecule has 2 unspecified atom stereocenters. The lowest BCUT2D eigenvalue weighted by molar-refractivity contribution is -0.135. The highest BCUT2D eigenvalue weighted by atomic mass is 35.5. The summed E-state index contributed by atoms with van der Waals surface area (Å²) in [7, 11) is -3.52. The Hall–Kier alpha value is -1.15. The van der Waals surface area contributed by atoms with E-state index in [1.165, 1.54) is 0 Å². The van der Waals surface area contributed by atoms with E-state index in [-0.39, 0.29) is 24.4 Å². The van der Waals surface area contributed by atoms with Gasteiger partial charge in [-0.3, -0.25) is 4.79 Å². The fraction of sp³-hybridized carbons (Fsp3) is 0.632. The lowest BCUT2D eigenvalue weighted by Crippen LogP contribution is -2.57. The molecule has 2 heterocycles. The molecule has 0 saturated carbocycles. The number of piperidine rings is 1. The number of nitrogens with one attached hydrogen (secondary N) is 1. The molecule has 3 rings (SSSR count). The van der Waals surface area contributed by atoms with Crippen LogP contribution in [0.15, 0.2) is 29.2 Å². The van der Waals surface area contributed by atoms with Crippen LogP contribution in [0, 0.1) is 0 Å². The molecule has 1 N–H and O–H groups in total. The Labute approximate surface area is 168 Å². The summed E-state index contributed by atoms with van der Waals surface area (Å²) in [5.74, 6) is 0.489. The first kappa shape index (κ1) is 22.1. The lowest BCUT2D eigenvalue weighted by atomic mass is 9.99. The van der Waals surface area contributed by atoms with Gasteiger partial charge in [-0.1, -0.05) is 26.0 Å². The molecule has 0 aliphatic carbocycles. The third-order valence-corrected chi connectivity index (χ3v) is 7.50. The minimum absolute atomic E-state index is 0. The van der Waals surface area contributed by atoms with Gasteiger partial charge < -0.3 is 10.2 Å². The summed E-state index contributed by atoms with van der Waals surface area (Å²) in [5.41, 5.74) is 1.16. The maximum absolute atomic E-state index is 13.1. The summed E-state index contributed by atoms with van der Waals surface area (Å²) in [6.45, 7) is 6.95.